The summed E-state index contributed by atoms with van der Waals surface area (Å²) < 4.78 is 0. The zero-order valence-corrected chi connectivity index (χ0v) is 14.4. The lowest BCUT2D eigenvalue weighted by molar-refractivity contribution is 0.826. The Balaban J connectivity index is 2.45. The van der Waals surface area contributed by atoms with Gasteiger partial charge >= 0.3 is 0 Å². The van der Waals surface area contributed by atoms with Crippen molar-refractivity contribution in [3.05, 3.63) is 55.7 Å². The number of aromatic amines is 2. The highest BCUT2D eigenvalue weighted by atomic mass is 16.1. The first kappa shape index (κ1) is 18.0. The number of aromatic nitrogens is 2. The summed E-state index contributed by atoms with van der Waals surface area (Å²) in [7, 11) is 0. The van der Waals surface area contributed by atoms with E-state index in [1.807, 2.05) is 0 Å². The normalized spacial score (nSPS) is 13.2. The van der Waals surface area contributed by atoms with Crippen LogP contribution in [0.3, 0.4) is 0 Å². The highest BCUT2D eigenvalue weighted by molar-refractivity contribution is 5.93. The van der Waals surface area contributed by atoms with Gasteiger partial charge in [-0.25, -0.2) is 0 Å². The molecule has 6 N–H and O–H groups in total. The predicted octanol–water partition coefficient (Wildman–Crippen LogP) is -0.694. The molecule has 0 saturated carbocycles. The molecule has 2 aromatic carbocycles. The van der Waals surface area contributed by atoms with Crippen LogP contribution < -0.4 is 33.0 Å². The fourth-order valence-electron chi connectivity index (χ4n) is 2.89. The summed E-state index contributed by atoms with van der Waals surface area (Å²) in [5, 5.41) is 1.58. The maximum atomic E-state index is 13.0. The molecule has 1 aromatic heterocycles. The second kappa shape index (κ2) is 8.03. The molecule has 0 saturated heterocycles. The lowest BCUT2D eigenvalue weighted by atomic mass is 10.1. The molecule has 0 aliphatic heterocycles. The van der Waals surface area contributed by atoms with E-state index in [1.54, 1.807) is 24.5 Å². The summed E-state index contributed by atoms with van der Waals surface area (Å²) in [6.45, 7) is 2.00. The first-order valence-electron chi connectivity index (χ1n) is 8.63. The number of nitrogens with two attached hydrogens (primary N) is 2. The molecular weight excluding hydrogens is 332 g/mol. The predicted molar refractivity (Wildman–Crippen MR) is 102 cm³/mol. The third-order valence-corrected chi connectivity index (χ3v) is 4.15. The Morgan fingerprint density at radius 1 is 0.769 bits per heavy atom. The van der Waals surface area contributed by atoms with E-state index in [0.29, 0.717) is 60.5 Å². The minimum absolute atomic E-state index is 0.236. The Bertz CT molecular complexity index is 1070. The van der Waals surface area contributed by atoms with Gasteiger partial charge in [0.1, 0.15) is 11.0 Å². The van der Waals surface area contributed by atoms with Crippen molar-refractivity contribution in [1.82, 2.24) is 9.97 Å². The number of hydrogen-bond acceptors (Lipinski definition) is 6. The Hall–Kier alpha value is -2.84. The van der Waals surface area contributed by atoms with Crippen molar-refractivity contribution < 1.29 is 0 Å². The molecule has 26 heavy (non-hydrogen) atoms. The molecule has 8 heteroatoms. The first-order valence-corrected chi connectivity index (χ1v) is 8.63. The average Bonchev–Trinajstić information content (AvgIpc) is 2.67. The van der Waals surface area contributed by atoms with Crippen LogP contribution in [0.25, 0.3) is 21.8 Å². The van der Waals surface area contributed by atoms with Crippen LogP contribution in [0.4, 0.5) is 0 Å². The monoisotopic (exact) mass is 354 g/mol. The zero-order chi connectivity index (χ0) is 18.5. The summed E-state index contributed by atoms with van der Waals surface area (Å²) in [5.41, 5.74) is 11.0. The quantitative estimate of drug-likeness (QED) is 0.343. The molecule has 136 valence electrons. The lowest BCUT2D eigenvalue weighted by Crippen LogP contribution is -2.28. The van der Waals surface area contributed by atoms with Crippen molar-refractivity contribution in [2.45, 2.75) is 12.8 Å². The molecule has 0 spiro atoms. The van der Waals surface area contributed by atoms with E-state index in [-0.39, 0.29) is 21.9 Å². The van der Waals surface area contributed by atoms with Gasteiger partial charge in [-0.3, -0.25) is 19.6 Å². The van der Waals surface area contributed by atoms with Crippen LogP contribution in [0.15, 0.2) is 44.1 Å². The van der Waals surface area contributed by atoms with Crippen molar-refractivity contribution in [3.8, 4) is 0 Å². The molecule has 0 amide bonds. The van der Waals surface area contributed by atoms with Gasteiger partial charge < -0.3 is 21.4 Å². The van der Waals surface area contributed by atoms with Gasteiger partial charge in [0.05, 0.1) is 21.5 Å². The molecule has 0 atom stereocenters. The van der Waals surface area contributed by atoms with Gasteiger partial charge in [0, 0.05) is 25.5 Å². The van der Waals surface area contributed by atoms with E-state index in [4.69, 9.17) is 11.5 Å². The standard InChI is InChI=1S/C18H22N6O2/c19-5-1-7-21-11-3-4-12(22-8-2-6-20)14-13(11)17(25)15-16(18(14)26)24-10-9-23-15/h3-4,9-10,23-24H,1-2,5-8,19-20H2. The highest BCUT2D eigenvalue weighted by Crippen LogP contribution is 2.03. The minimum atomic E-state index is -0.270. The Morgan fingerprint density at radius 3 is 1.58 bits per heavy atom. The van der Waals surface area contributed by atoms with Crippen LogP contribution in [0.2, 0.25) is 0 Å². The summed E-state index contributed by atoms with van der Waals surface area (Å²) in [6, 6.07) is 3.47. The maximum Gasteiger partial charge on any atom is 0.214 e. The van der Waals surface area contributed by atoms with Crippen LogP contribution in [0, 0.1) is 0 Å². The van der Waals surface area contributed by atoms with Crippen molar-refractivity contribution in [3.63, 3.8) is 0 Å². The minimum Gasteiger partial charge on any atom is -0.355 e. The maximum absolute atomic E-state index is 13.0. The van der Waals surface area contributed by atoms with Crippen molar-refractivity contribution in [1.29, 1.82) is 0 Å². The van der Waals surface area contributed by atoms with E-state index < -0.39 is 0 Å². The van der Waals surface area contributed by atoms with Crippen LogP contribution in [0.1, 0.15) is 12.8 Å². The smallest absolute Gasteiger partial charge is 0.214 e. The molecule has 8 nitrogen and oxygen atoms in total. The van der Waals surface area contributed by atoms with Gasteiger partial charge in [-0.1, -0.05) is 0 Å². The number of nitrogens with zero attached hydrogens (tertiary/aromatic N) is 2. The van der Waals surface area contributed by atoms with Crippen LogP contribution in [-0.4, -0.2) is 36.1 Å². The van der Waals surface area contributed by atoms with Gasteiger partial charge in [0.2, 0.25) is 10.9 Å². The molecule has 0 radical (unpaired) electrons. The Kier molecular flexibility index (Phi) is 5.55. The summed E-state index contributed by atoms with van der Waals surface area (Å²) in [4.78, 5) is 40.7. The number of fused-ring (bicyclic) bond motifs is 2. The molecule has 3 aromatic rings. The number of rotatable bonds is 6. The fourth-order valence-corrected chi connectivity index (χ4v) is 2.89. The molecule has 0 aliphatic rings. The molecule has 3 rings (SSSR count). The van der Waals surface area contributed by atoms with Gasteiger partial charge in [-0.2, -0.15) is 0 Å². The second-order valence-corrected chi connectivity index (χ2v) is 5.93. The van der Waals surface area contributed by atoms with Crippen LogP contribution in [0.5, 0.6) is 0 Å². The van der Waals surface area contributed by atoms with Gasteiger partial charge in [0.15, 0.2) is 0 Å². The average molecular weight is 354 g/mol. The van der Waals surface area contributed by atoms with Crippen LogP contribution >= 0.6 is 0 Å². The third-order valence-electron chi connectivity index (χ3n) is 4.15. The van der Waals surface area contributed by atoms with Gasteiger partial charge in [0.25, 0.3) is 0 Å². The number of hydrogen-bond donors (Lipinski definition) is 4. The Labute approximate surface area is 148 Å². The second-order valence-electron chi connectivity index (χ2n) is 5.93. The molecule has 0 aliphatic carbocycles. The van der Waals surface area contributed by atoms with Crippen LogP contribution in [-0.2, 0) is 0 Å². The van der Waals surface area contributed by atoms with E-state index in [1.165, 1.54) is 0 Å². The number of nitrogens with one attached hydrogen (secondary N) is 2. The molecule has 0 unspecified atom stereocenters. The first-order chi connectivity index (χ1) is 12.7. The van der Waals surface area contributed by atoms with E-state index in [9.17, 15) is 9.59 Å². The molecule has 0 fully saturated rings. The van der Waals surface area contributed by atoms with E-state index >= 15 is 0 Å². The third kappa shape index (κ3) is 3.29. The fraction of sp³-hybridized carbons (Fsp3) is 0.333. The van der Waals surface area contributed by atoms with Gasteiger partial charge in [-0.15, -0.1) is 0 Å². The lowest BCUT2D eigenvalue weighted by Gasteiger charge is -2.03. The van der Waals surface area contributed by atoms with Crippen molar-refractivity contribution in [2.24, 2.45) is 21.5 Å². The number of benzene rings is 2. The SMILES string of the molecule is NCCCN=c1ccc(=NCCCN)c2c(=O)c3[nH]cc[nH]c3c(=O)c12. The van der Waals surface area contributed by atoms with Gasteiger partial charge in [-0.05, 0) is 38.1 Å². The topological polar surface area (TPSA) is 142 Å². The summed E-state index contributed by atoms with van der Waals surface area (Å²) in [6.07, 6.45) is 4.57. The largest absolute Gasteiger partial charge is 0.355 e. The van der Waals surface area contributed by atoms with E-state index in [0.717, 1.165) is 0 Å². The Morgan fingerprint density at radius 2 is 1.19 bits per heavy atom. The molecular formula is C18H22N6O2. The zero-order valence-electron chi connectivity index (χ0n) is 14.4. The number of H-pyrrole nitrogens is 2. The van der Waals surface area contributed by atoms with Crippen molar-refractivity contribution in [2.75, 3.05) is 26.2 Å². The molecule has 1 heterocycles. The van der Waals surface area contributed by atoms with Crippen molar-refractivity contribution >= 4 is 21.8 Å². The van der Waals surface area contributed by atoms with E-state index in [2.05, 4.69) is 20.0 Å². The summed E-state index contributed by atoms with van der Waals surface area (Å²) in [5.74, 6) is 0. The summed E-state index contributed by atoms with van der Waals surface area (Å²) >= 11 is 0. The highest BCUT2D eigenvalue weighted by Gasteiger charge is 2.14. The molecule has 0 bridgehead atoms.